The fourth-order valence-electron chi connectivity index (χ4n) is 4.01. The van der Waals surface area contributed by atoms with Crippen LogP contribution in [0.25, 0.3) is 0 Å². The number of nitrogens with zero attached hydrogens (tertiary/aromatic N) is 1. The smallest absolute Gasteiger partial charge is 0.164 e. The Balaban J connectivity index is 2.09. The van der Waals surface area contributed by atoms with Crippen LogP contribution in [0.3, 0.4) is 0 Å². The van der Waals surface area contributed by atoms with Crippen molar-refractivity contribution in [2.24, 2.45) is 5.92 Å². The van der Waals surface area contributed by atoms with Crippen molar-refractivity contribution in [1.29, 1.82) is 0 Å². The van der Waals surface area contributed by atoms with Gasteiger partial charge in [-0.1, -0.05) is 0 Å². The van der Waals surface area contributed by atoms with Gasteiger partial charge in [0.25, 0.3) is 0 Å². The molecule has 4 N–H and O–H groups in total. The molecule has 1 heterocycles. The average Bonchev–Trinajstić information content (AvgIpc) is 2.76. The van der Waals surface area contributed by atoms with E-state index in [0.717, 1.165) is 70.8 Å². The fourth-order valence-corrected chi connectivity index (χ4v) is 4.01. The molecule has 0 bridgehead atoms. The normalized spacial score (nSPS) is 25.7. The van der Waals surface area contributed by atoms with Crippen molar-refractivity contribution in [2.45, 2.75) is 51.6 Å². The first kappa shape index (κ1) is 27.1. The predicted octanol–water partition coefficient (Wildman–Crippen LogP) is 2.51. The molecule has 0 amide bonds. The number of likely N-dealkylation sites (N-methyl/N-ethyl adjacent to an activating group) is 1. The minimum absolute atomic E-state index is 0.00889. The third-order valence-electron chi connectivity index (χ3n) is 6.92. The van der Waals surface area contributed by atoms with Crippen LogP contribution < -0.4 is 21.3 Å². The first-order valence-electron chi connectivity index (χ1n) is 11.9. The highest BCUT2D eigenvalue weighted by molar-refractivity contribution is 5.21. The molecule has 2 rings (SSSR count). The van der Waals surface area contributed by atoms with Crippen LogP contribution in [0.4, 0.5) is 13.2 Å². The second-order valence-corrected chi connectivity index (χ2v) is 9.49. The summed E-state index contributed by atoms with van der Waals surface area (Å²) in [4.78, 5) is 2.30. The molecule has 5 nitrogen and oxygen atoms in total. The molecule has 1 aliphatic heterocycles. The van der Waals surface area contributed by atoms with E-state index in [1.165, 1.54) is 0 Å². The number of hydrogen-bond donors (Lipinski definition) is 4. The molecule has 2 atom stereocenters. The molecule has 0 aromatic heterocycles. The van der Waals surface area contributed by atoms with Gasteiger partial charge in [0.2, 0.25) is 0 Å². The zero-order chi connectivity index (χ0) is 23.6. The molecule has 1 fully saturated rings. The summed E-state index contributed by atoms with van der Waals surface area (Å²) in [6.45, 7) is 13.4. The van der Waals surface area contributed by atoms with Crippen molar-refractivity contribution in [3.8, 4) is 0 Å². The van der Waals surface area contributed by atoms with Crippen LogP contribution in [-0.2, 0) is 6.42 Å². The van der Waals surface area contributed by atoms with Crippen LogP contribution in [0, 0.1) is 23.4 Å². The summed E-state index contributed by atoms with van der Waals surface area (Å²) in [5, 5.41) is 13.9. The van der Waals surface area contributed by atoms with Gasteiger partial charge in [-0.05, 0) is 91.3 Å². The molecule has 0 radical (unpaired) electrons. The Kier molecular flexibility index (Phi) is 11.4. The molecule has 1 saturated heterocycles. The lowest BCUT2D eigenvalue weighted by Crippen LogP contribution is -2.56. The van der Waals surface area contributed by atoms with Crippen molar-refractivity contribution in [3.63, 3.8) is 0 Å². The Morgan fingerprint density at radius 3 is 2.28 bits per heavy atom. The lowest BCUT2D eigenvalue weighted by molar-refractivity contribution is 0.108. The molecule has 184 valence electrons. The van der Waals surface area contributed by atoms with Crippen LogP contribution in [0.15, 0.2) is 12.1 Å². The van der Waals surface area contributed by atoms with E-state index in [0.29, 0.717) is 6.54 Å². The first-order chi connectivity index (χ1) is 15.2. The van der Waals surface area contributed by atoms with Crippen LogP contribution in [0.1, 0.15) is 39.2 Å². The summed E-state index contributed by atoms with van der Waals surface area (Å²) in [7, 11) is 2.09. The Morgan fingerprint density at radius 2 is 1.56 bits per heavy atom. The van der Waals surface area contributed by atoms with Gasteiger partial charge in [-0.3, -0.25) is 4.90 Å². The monoisotopic (exact) mass is 457 g/mol. The maximum atomic E-state index is 14.3. The van der Waals surface area contributed by atoms with Crippen LogP contribution >= 0.6 is 0 Å². The largest absolute Gasteiger partial charge is 0.315 e. The number of benzene rings is 1. The van der Waals surface area contributed by atoms with Gasteiger partial charge < -0.3 is 21.3 Å². The van der Waals surface area contributed by atoms with Gasteiger partial charge in [0.15, 0.2) is 11.6 Å². The summed E-state index contributed by atoms with van der Waals surface area (Å²) in [6.07, 6.45) is 1.98. The highest BCUT2D eigenvalue weighted by atomic mass is 19.2. The zero-order valence-corrected chi connectivity index (χ0v) is 20.2. The van der Waals surface area contributed by atoms with E-state index < -0.39 is 17.5 Å². The number of nitrogens with one attached hydrogen (secondary N) is 4. The van der Waals surface area contributed by atoms with Crippen LogP contribution in [0.2, 0.25) is 0 Å². The van der Waals surface area contributed by atoms with E-state index in [-0.39, 0.29) is 29.5 Å². The molecule has 0 spiro atoms. The lowest BCUT2D eigenvalue weighted by atomic mass is 9.91. The summed E-state index contributed by atoms with van der Waals surface area (Å²) in [6, 6.07) is 2.13. The molecule has 0 saturated carbocycles. The van der Waals surface area contributed by atoms with E-state index in [2.05, 4.69) is 54.0 Å². The number of hydrogen-bond acceptors (Lipinski definition) is 5. The Labute approximate surface area is 191 Å². The fraction of sp³-hybridized carbons (Fsp3) is 0.750. The maximum Gasteiger partial charge on any atom is 0.164 e. The maximum absolute atomic E-state index is 14.3. The molecule has 32 heavy (non-hydrogen) atoms. The molecule has 8 heteroatoms. The standard InChI is InChI=1S/C24H42F3N5/c1-18-24(2,3)32(4)15-8-19(16-20-21(25)6-7-22(26)23(20)27)17-30-12-11-28-9-5-10-29-13-14-31-18/h6-7,18-19,28-31H,5,8-17H2,1-4H3. The molecule has 1 aromatic rings. The van der Waals surface area contributed by atoms with E-state index in [1.54, 1.807) is 0 Å². The van der Waals surface area contributed by atoms with Crippen molar-refractivity contribution < 1.29 is 13.2 Å². The second-order valence-electron chi connectivity index (χ2n) is 9.49. The quantitative estimate of drug-likeness (QED) is 0.515. The van der Waals surface area contributed by atoms with Gasteiger partial charge >= 0.3 is 0 Å². The topological polar surface area (TPSA) is 51.4 Å². The molecule has 1 aliphatic rings. The van der Waals surface area contributed by atoms with Gasteiger partial charge in [-0.15, -0.1) is 0 Å². The Morgan fingerprint density at radius 1 is 0.938 bits per heavy atom. The zero-order valence-electron chi connectivity index (χ0n) is 20.2. The molecule has 2 unspecified atom stereocenters. The Hall–Kier alpha value is -1.19. The highest BCUT2D eigenvalue weighted by Gasteiger charge is 2.30. The third kappa shape index (κ3) is 8.30. The van der Waals surface area contributed by atoms with E-state index in [1.807, 2.05) is 0 Å². The summed E-state index contributed by atoms with van der Waals surface area (Å²) >= 11 is 0. The number of halogens is 3. The summed E-state index contributed by atoms with van der Waals surface area (Å²) in [5.41, 5.74) is -0.246. The van der Waals surface area contributed by atoms with Crippen molar-refractivity contribution in [1.82, 2.24) is 26.2 Å². The summed E-state index contributed by atoms with van der Waals surface area (Å²) in [5.74, 6) is -2.74. The summed E-state index contributed by atoms with van der Waals surface area (Å²) < 4.78 is 42.3. The van der Waals surface area contributed by atoms with Gasteiger partial charge in [-0.25, -0.2) is 13.2 Å². The SMILES string of the molecule is CC1NCCNCCCNCCNCC(Cc2c(F)ccc(F)c2F)CCN(C)C1(C)C. The van der Waals surface area contributed by atoms with Crippen LogP contribution in [0.5, 0.6) is 0 Å². The predicted molar refractivity (Wildman–Crippen MR) is 126 cm³/mol. The number of rotatable bonds is 2. The van der Waals surface area contributed by atoms with Gasteiger partial charge in [0.05, 0.1) is 0 Å². The van der Waals surface area contributed by atoms with Gasteiger partial charge in [0, 0.05) is 43.3 Å². The Bertz CT molecular complexity index is 686. The minimum Gasteiger partial charge on any atom is -0.315 e. The van der Waals surface area contributed by atoms with E-state index >= 15 is 0 Å². The molecular weight excluding hydrogens is 415 g/mol. The lowest BCUT2D eigenvalue weighted by Gasteiger charge is -2.41. The van der Waals surface area contributed by atoms with E-state index in [9.17, 15) is 13.2 Å². The molecular formula is C24H42F3N5. The van der Waals surface area contributed by atoms with Crippen molar-refractivity contribution in [3.05, 3.63) is 35.1 Å². The highest BCUT2D eigenvalue weighted by Crippen LogP contribution is 2.23. The average molecular weight is 458 g/mol. The minimum atomic E-state index is -1.06. The molecule has 0 aliphatic carbocycles. The van der Waals surface area contributed by atoms with Gasteiger partial charge in [0.1, 0.15) is 5.82 Å². The van der Waals surface area contributed by atoms with Crippen LogP contribution in [-0.4, -0.2) is 75.9 Å². The van der Waals surface area contributed by atoms with Crippen molar-refractivity contribution in [2.75, 3.05) is 59.4 Å². The van der Waals surface area contributed by atoms with Gasteiger partial charge in [-0.2, -0.15) is 0 Å². The molecule has 1 aromatic carbocycles. The third-order valence-corrected chi connectivity index (χ3v) is 6.92. The van der Waals surface area contributed by atoms with E-state index in [4.69, 9.17) is 0 Å². The second kappa shape index (κ2) is 13.5. The first-order valence-corrected chi connectivity index (χ1v) is 11.9. The van der Waals surface area contributed by atoms with Crippen molar-refractivity contribution >= 4 is 0 Å².